The van der Waals surface area contributed by atoms with Crippen LogP contribution >= 0.6 is 11.5 Å². The second kappa shape index (κ2) is 5.55. The van der Waals surface area contributed by atoms with Gasteiger partial charge in [-0.15, -0.1) is 5.10 Å². The number of aliphatic carboxylic acids is 1. The van der Waals surface area contributed by atoms with Crippen LogP contribution in [0.15, 0.2) is 0 Å². The maximum absolute atomic E-state index is 11.7. The van der Waals surface area contributed by atoms with E-state index in [4.69, 9.17) is 5.11 Å². The fourth-order valence-corrected chi connectivity index (χ4v) is 1.72. The van der Waals surface area contributed by atoms with Gasteiger partial charge in [0.05, 0.1) is 5.69 Å². The van der Waals surface area contributed by atoms with Gasteiger partial charge in [-0.1, -0.05) is 17.8 Å². The first kappa shape index (κ1) is 12.6. The fourth-order valence-electron chi connectivity index (χ4n) is 1.11. The van der Waals surface area contributed by atoms with Crippen molar-refractivity contribution in [3.05, 3.63) is 10.6 Å². The van der Waals surface area contributed by atoms with E-state index in [9.17, 15) is 9.59 Å². The number of hydrogen-bond acceptors (Lipinski definition) is 5. The summed E-state index contributed by atoms with van der Waals surface area (Å²) < 4.78 is 3.70. The number of aromatic nitrogens is 2. The highest BCUT2D eigenvalue weighted by Gasteiger charge is 2.20. The zero-order chi connectivity index (χ0) is 12.1. The van der Waals surface area contributed by atoms with Gasteiger partial charge in [0.2, 0.25) is 0 Å². The topological polar surface area (TPSA) is 92.2 Å². The van der Waals surface area contributed by atoms with E-state index in [0.29, 0.717) is 17.0 Å². The van der Waals surface area contributed by atoms with E-state index in [1.807, 2.05) is 6.92 Å². The van der Waals surface area contributed by atoms with Crippen LogP contribution in [0, 0.1) is 0 Å². The van der Waals surface area contributed by atoms with Crippen LogP contribution in [0.5, 0.6) is 0 Å². The van der Waals surface area contributed by atoms with Gasteiger partial charge in [0, 0.05) is 0 Å². The van der Waals surface area contributed by atoms with Crippen LogP contribution in [0.4, 0.5) is 0 Å². The number of hydrogen-bond donors (Lipinski definition) is 2. The Morgan fingerprint density at radius 3 is 2.81 bits per heavy atom. The van der Waals surface area contributed by atoms with Crippen LogP contribution in [-0.2, 0) is 11.2 Å². The zero-order valence-corrected chi connectivity index (χ0v) is 9.87. The molecule has 0 aromatic carbocycles. The predicted octanol–water partition coefficient (Wildman–Crippen LogP) is 0.694. The largest absolute Gasteiger partial charge is 0.480 e. The predicted molar refractivity (Wildman–Crippen MR) is 58.5 cm³/mol. The Bertz CT molecular complexity index is 391. The van der Waals surface area contributed by atoms with Gasteiger partial charge in [-0.25, -0.2) is 0 Å². The summed E-state index contributed by atoms with van der Waals surface area (Å²) in [6.07, 6.45) is 1.53. The number of carboxylic acid groups (broad SMARTS) is 1. The Kier molecular flexibility index (Phi) is 4.36. The summed E-state index contributed by atoms with van der Waals surface area (Å²) in [6, 6.07) is -0.913. The maximum Gasteiger partial charge on any atom is 0.325 e. The lowest BCUT2D eigenvalue weighted by Gasteiger charge is -2.07. The fraction of sp³-hybridized carbons (Fsp3) is 0.556. The average Bonchev–Trinajstić information content (AvgIpc) is 2.66. The lowest BCUT2D eigenvalue weighted by atomic mass is 10.2. The molecule has 1 rings (SSSR count). The van der Waals surface area contributed by atoms with Gasteiger partial charge < -0.3 is 10.4 Å². The van der Waals surface area contributed by atoms with Crippen molar-refractivity contribution in [1.29, 1.82) is 0 Å². The molecule has 1 heterocycles. The van der Waals surface area contributed by atoms with Crippen LogP contribution in [0.2, 0.25) is 0 Å². The third-order valence-electron chi connectivity index (χ3n) is 1.97. The van der Waals surface area contributed by atoms with Crippen LogP contribution in [0.1, 0.15) is 35.6 Å². The van der Waals surface area contributed by atoms with E-state index in [-0.39, 0.29) is 0 Å². The molecule has 0 aliphatic rings. The summed E-state index contributed by atoms with van der Waals surface area (Å²) >= 11 is 0.985. The van der Waals surface area contributed by atoms with Gasteiger partial charge in [-0.2, -0.15) is 0 Å². The van der Waals surface area contributed by atoms with Crippen molar-refractivity contribution < 1.29 is 14.7 Å². The quantitative estimate of drug-likeness (QED) is 0.794. The minimum absolute atomic E-state index is 0.398. The molecule has 88 valence electrons. The zero-order valence-electron chi connectivity index (χ0n) is 9.06. The molecule has 1 aromatic rings. The summed E-state index contributed by atoms with van der Waals surface area (Å²) in [5.41, 5.74) is 0.627. The molecule has 0 fully saturated rings. The molecule has 6 nitrogen and oxygen atoms in total. The molecule has 0 radical (unpaired) electrons. The Labute approximate surface area is 96.8 Å². The van der Waals surface area contributed by atoms with Crippen molar-refractivity contribution in [2.45, 2.75) is 32.7 Å². The van der Waals surface area contributed by atoms with Crippen molar-refractivity contribution in [2.75, 3.05) is 0 Å². The molecule has 1 amide bonds. The molecule has 0 aliphatic heterocycles. The van der Waals surface area contributed by atoms with Gasteiger partial charge in [-0.3, -0.25) is 9.59 Å². The summed E-state index contributed by atoms with van der Waals surface area (Å²) in [5.74, 6) is -1.49. The molecular formula is C9H13N3O3S. The van der Waals surface area contributed by atoms with Crippen LogP contribution in [0.25, 0.3) is 0 Å². The summed E-state index contributed by atoms with van der Waals surface area (Å²) in [6.45, 7) is 3.38. The van der Waals surface area contributed by atoms with Crippen molar-refractivity contribution >= 4 is 23.4 Å². The van der Waals surface area contributed by atoms with Crippen molar-refractivity contribution in [1.82, 2.24) is 14.9 Å². The number of carbonyl (C=O) groups is 2. The molecule has 0 bridgehead atoms. The Balaban J connectivity index is 2.72. The standard InChI is InChI=1S/C9H13N3O3S/c1-3-4-6-7(16-12-11-6)8(13)10-5(2)9(14)15/h5H,3-4H2,1-2H3,(H,10,13)(H,14,15)/t5-/m0/s1. The number of nitrogens with zero attached hydrogens (tertiary/aromatic N) is 2. The van der Waals surface area contributed by atoms with Gasteiger partial charge >= 0.3 is 5.97 Å². The highest BCUT2D eigenvalue weighted by atomic mass is 32.1. The Morgan fingerprint density at radius 1 is 1.56 bits per heavy atom. The number of amides is 1. The molecule has 0 saturated heterocycles. The first-order valence-electron chi connectivity index (χ1n) is 4.91. The van der Waals surface area contributed by atoms with Crippen molar-refractivity contribution in [3.63, 3.8) is 0 Å². The van der Waals surface area contributed by atoms with E-state index in [0.717, 1.165) is 18.0 Å². The molecule has 1 atom stereocenters. The first-order valence-corrected chi connectivity index (χ1v) is 5.68. The molecule has 0 aliphatic carbocycles. The third-order valence-corrected chi connectivity index (χ3v) is 2.73. The van der Waals surface area contributed by atoms with E-state index < -0.39 is 17.9 Å². The lowest BCUT2D eigenvalue weighted by molar-refractivity contribution is -0.138. The SMILES string of the molecule is CCCc1nnsc1C(=O)N[C@@H](C)C(=O)O. The number of nitrogens with one attached hydrogen (secondary N) is 1. The highest BCUT2D eigenvalue weighted by molar-refractivity contribution is 7.08. The second-order valence-corrected chi connectivity index (χ2v) is 4.09. The molecule has 0 saturated carbocycles. The van der Waals surface area contributed by atoms with Gasteiger partial charge in [0.25, 0.3) is 5.91 Å². The molecule has 0 unspecified atom stereocenters. The highest BCUT2D eigenvalue weighted by Crippen LogP contribution is 2.12. The van der Waals surface area contributed by atoms with Gasteiger partial charge in [-0.05, 0) is 24.9 Å². The molecule has 2 N–H and O–H groups in total. The van der Waals surface area contributed by atoms with Crippen LogP contribution < -0.4 is 5.32 Å². The normalized spacial score (nSPS) is 12.1. The van der Waals surface area contributed by atoms with Crippen LogP contribution in [-0.4, -0.2) is 32.6 Å². The average molecular weight is 243 g/mol. The summed E-state index contributed by atoms with van der Waals surface area (Å²) in [4.78, 5) is 22.6. The maximum atomic E-state index is 11.7. The smallest absolute Gasteiger partial charge is 0.325 e. The number of aryl methyl sites for hydroxylation is 1. The van der Waals surface area contributed by atoms with E-state index in [1.54, 1.807) is 0 Å². The first-order chi connectivity index (χ1) is 7.56. The number of rotatable bonds is 5. The minimum Gasteiger partial charge on any atom is -0.480 e. The molecule has 1 aromatic heterocycles. The minimum atomic E-state index is -1.07. The van der Waals surface area contributed by atoms with Gasteiger partial charge in [0.1, 0.15) is 10.9 Å². The second-order valence-electron chi connectivity index (χ2n) is 3.33. The summed E-state index contributed by atoms with van der Waals surface area (Å²) in [7, 11) is 0. The third kappa shape index (κ3) is 2.99. The van der Waals surface area contributed by atoms with Gasteiger partial charge in [0.15, 0.2) is 0 Å². The van der Waals surface area contributed by atoms with E-state index >= 15 is 0 Å². The molecule has 16 heavy (non-hydrogen) atoms. The monoisotopic (exact) mass is 243 g/mol. The van der Waals surface area contributed by atoms with E-state index in [1.165, 1.54) is 6.92 Å². The van der Waals surface area contributed by atoms with E-state index in [2.05, 4.69) is 14.9 Å². The van der Waals surface area contributed by atoms with Crippen molar-refractivity contribution in [2.24, 2.45) is 0 Å². The number of carboxylic acids is 1. The Morgan fingerprint density at radius 2 is 2.25 bits per heavy atom. The van der Waals surface area contributed by atoms with Crippen molar-refractivity contribution in [3.8, 4) is 0 Å². The molecule has 0 spiro atoms. The number of carbonyl (C=O) groups excluding carboxylic acids is 1. The Hall–Kier alpha value is -1.50. The molecular weight excluding hydrogens is 230 g/mol. The lowest BCUT2D eigenvalue weighted by Crippen LogP contribution is -2.38. The summed E-state index contributed by atoms with van der Waals surface area (Å²) in [5, 5.41) is 14.9. The molecule has 7 heteroatoms. The van der Waals surface area contributed by atoms with Crippen LogP contribution in [0.3, 0.4) is 0 Å².